The molecule has 0 spiro atoms. The van der Waals surface area contributed by atoms with Crippen LogP contribution in [-0.4, -0.2) is 27.0 Å². The van der Waals surface area contributed by atoms with Crippen molar-refractivity contribution in [2.45, 2.75) is 25.9 Å². The molecule has 0 saturated heterocycles. The molecule has 0 aliphatic heterocycles. The molecule has 102 valence electrons. The van der Waals surface area contributed by atoms with E-state index in [0.29, 0.717) is 12.2 Å². The first kappa shape index (κ1) is 13.5. The van der Waals surface area contributed by atoms with Crippen LogP contribution in [0.3, 0.4) is 0 Å². The molecule has 2 aromatic heterocycles. The Morgan fingerprint density at radius 3 is 2.89 bits per heavy atom. The number of hydrogen-bond donors (Lipinski definition) is 1. The number of nitrogens with zero attached hydrogens (tertiary/aromatic N) is 3. The Kier molecular flexibility index (Phi) is 4.16. The highest BCUT2D eigenvalue weighted by atomic mass is 16.5. The molecule has 1 N–H and O–H groups in total. The summed E-state index contributed by atoms with van der Waals surface area (Å²) in [6, 6.07) is 3.80. The Balaban J connectivity index is 2.20. The van der Waals surface area contributed by atoms with E-state index in [1.807, 2.05) is 17.8 Å². The monoisotopic (exact) mass is 261 g/mol. The van der Waals surface area contributed by atoms with Gasteiger partial charge in [-0.2, -0.15) is 5.10 Å². The molecule has 0 aromatic carbocycles. The number of methoxy groups -OCH3 is 1. The van der Waals surface area contributed by atoms with Crippen molar-refractivity contribution in [3.05, 3.63) is 41.5 Å². The Bertz CT molecular complexity index is 551. The lowest BCUT2D eigenvalue weighted by molar-refractivity contribution is 0.171. The van der Waals surface area contributed by atoms with Gasteiger partial charge in [-0.15, -0.1) is 0 Å². The van der Waals surface area contributed by atoms with Gasteiger partial charge in [0.25, 0.3) is 0 Å². The molecule has 0 aliphatic rings. The number of pyridine rings is 1. The molecule has 19 heavy (non-hydrogen) atoms. The van der Waals surface area contributed by atoms with Gasteiger partial charge in [-0.3, -0.25) is 9.67 Å². The van der Waals surface area contributed by atoms with Crippen LogP contribution in [0.25, 0.3) is 0 Å². The fraction of sp³-hybridized carbons (Fsp3) is 0.429. The summed E-state index contributed by atoms with van der Waals surface area (Å²) in [5, 5.41) is 14.7. The minimum atomic E-state index is -0.627. The minimum absolute atomic E-state index is 0.504. The van der Waals surface area contributed by atoms with Gasteiger partial charge < -0.3 is 9.84 Å². The van der Waals surface area contributed by atoms with Crippen LogP contribution < -0.4 is 4.74 Å². The van der Waals surface area contributed by atoms with Crippen LogP contribution in [0.1, 0.15) is 30.0 Å². The van der Waals surface area contributed by atoms with E-state index in [-0.39, 0.29) is 0 Å². The maximum absolute atomic E-state index is 10.3. The summed E-state index contributed by atoms with van der Waals surface area (Å²) < 4.78 is 7.03. The predicted octanol–water partition coefficient (Wildman–Crippen LogP) is 1.66. The summed E-state index contributed by atoms with van der Waals surface area (Å²) in [5.74, 6) is 0.605. The van der Waals surface area contributed by atoms with E-state index in [0.717, 1.165) is 23.4 Å². The van der Waals surface area contributed by atoms with Gasteiger partial charge in [-0.1, -0.05) is 6.92 Å². The largest absolute Gasteiger partial charge is 0.495 e. The van der Waals surface area contributed by atoms with E-state index in [4.69, 9.17) is 4.74 Å². The molecule has 5 nitrogen and oxygen atoms in total. The molecule has 0 amide bonds. The zero-order valence-electron chi connectivity index (χ0n) is 11.5. The van der Waals surface area contributed by atoms with Crippen molar-refractivity contribution in [3.63, 3.8) is 0 Å². The van der Waals surface area contributed by atoms with Crippen LogP contribution in [0.4, 0.5) is 0 Å². The van der Waals surface area contributed by atoms with Crippen molar-refractivity contribution < 1.29 is 9.84 Å². The van der Waals surface area contributed by atoms with Crippen LogP contribution >= 0.6 is 0 Å². The summed E-state index contributed by atoms with van der Waals surface area (Å²) in [5.41, 5.74) is 2.78. The molecule has 0 radical (unpaired) electrons. The highest BCUT2D eigenvalue weighted by Crippen LogP contribution is 2.26. The normalized spacial score (nSPS) is 12.4. The summed E-state index contributed by atoms with van der Waals surface area (Å²) >= 11 is 0. The van der Waals surface area contributed by atoms with Crippen molar-refractivity contribution in [1.82, 2.24) is 14.8 Å². The van der Waals surface area contributed by atoms with Crippen LogP contribution in [0.15, 0.2) is 24.5 Å². The summed E-state index contributed by atoms with van der Waals surface area (Å²) in [7, 11) is 3.47. The van der Waals surface area contributed by atoms with Crippen molar-refractivity contribution in [3.8, 4) is 5.75 Å². The molecular weight excluding hydrogens is 242 g/mol. The highest BCUT2D eigenvalue weighted by Gasteiger charge is 2.16. The lowest BCUT2D eigenvalue weighted by atomic mass is 10.1. The summed E-state index contributed by atoms with van der Waals surface area (Å²) in [6.45, 7) is 2.06. The first-order valence-corrected chi connectivity index (χ1v) is 6.33. The third kappa shape index (κ3) is 2.93. The number of ether oxygens (including phenoxy) is 1. The van der Waals surface area contributed by atoms with E-state index >= 15 is 0 Å². The van der Waals surface area contributed by atoms with Gasteiger partial charge in [-0.05, 0) is 18.6 Å². The third-order valence-electron chi connectivity index (χ3n) is 3.19. The Labute approximate surface area is 112 Å². The number of aromatic nitrogens is 3. The van der Waals surface area contributed by atoms with Crippen LogP contribution in [0, 0.1) is 0 Å². The lowest BCUT2D eigenvalue weighted by Gasteiger charge is -2.14. The number of rotatable bonds is 5. The fourth-order valence-corrected chi connectivity index (χ4v) is 2.08. The van der Waals surface area contributed by atoms with Crippen molar-refractivity contribution in [2.75, 3.05) is 7.11 Å². The average molecular weight is 261 g/mol. The first-order chi connectivity index (χ1) is 9.15. The van der Waals surface area contributed by atoms with Crippen LogP contribution in [-0.2, 0) is 19.9 Å². The summed E-state index contributed by atoms with van der Waals surface area (Å²) in [6.07, 6.45) is 4.03. The Morgan fingerprint density at radius 1 is 1.47 bits per heavy atom. The SMILES string of the molecule is CCc1cc(CC(O)c2ccncc2OC)n(C)n1. The lowest BCUT2D eigenvalue weighted by Crippen LogP contribution is -2.08. The summed E-state index contributed by atoms with van der Waals surface area (Å²) in [4.78, 5) is 3.99. The van der Waals surface area contributed by atoms with Gasteiger partial charge in [0, 0.05) is 30.9 Å². The van der Waals surface area contributed by atoms with Crippen molar-refractivity contribution in [1.29, 1.82) is 0 Å². The van der Waals surface area contributed by atoms with E-state index in [1.54, 1.807) is 25.6 Å². The maximum atomic E-state index is 10.3. The predicted molar refractivity (Wildman–Crippen MR) is 72.0 cm³/mol. The van der Waals surface area contributed by atoms with Gasteiger partial charge in [0.2, 0.25) is 0 Å². The standard InChI is InChI=1S/C14H19N3O2/c1-4-10-7-11(17(2)16-10)8-13(18)12-5-6-15-9-14(12)19-3/h5-7,9,13,18H,4,8H2,1-3H3. The van der Waals surface area contributed by atoms with E-state index in [2.05, 4.69) is 17.0 Å². The van der Waals surface area contributed by atoms with Gasteiger partial charge >= 0.3 is 0 Å². The Hall–Kier alpha value is -1.88. The minimum Gasteiger partial charge on any atom is -0.495 e. The van der Waals surface area contributed by atoms with E-state index in [1.165, 1.54) is 0 Å². The maximum Gasteiger partial charge on any atom is 0.142 e. The molecule has 0 fully saturated rings. The van der Waals surface area contributed by atoms with E-state index in [9.17, 15) is 5.11 Å². The van der Waals surface area contributed by atoms with Crippen LogP contribution in [0.2, 0.25) is 0 Å². The van der Waals surface area contributed by atoms with Gasteiger partial charge in [0.15, 0.2) is 0 Å². The molecule has 0 saturated carbocycles. The number of hydrogen-bond acceptors (Lipinski definition) is 4. The molecule has 2 aromatic rings. The molecule has 2 heterocycles. The smallest absolute Gasteiger partial charge is 0.142 e. The second-order valence-corrected chi connectivity index (χ2v) is 4.44. The Morgan fingerprint density at radius 2 is 2.26 bits per heavy atom. The quantitative estimate of drug-likeness (QED) is 0.889. The van der Waals surface area contributed by atoms with Crippen LogP contribution in [0.5, 0.6) is 5.75 Å². The van der Waals surface area contributed by atoms with Gasteiger partial charge in [-0.25, -0.2) is 0 Å². The third-order valence-corrected chi connectivity index (χ3v) is 3.19. The molecule has 2 rings (SSSR count). The van der Waals surface area contributed by atoms with Crippen molar-refractivity contribution in [2.24, 2.45) is 7.05 Å². The molecular formula is C14H19N3O2. The van der Waals surface area contributed by atoms with Gasteiger partial charge in [0.05, 0.1) is 25.1 Å². The number of aliphatic hydroxyl groups is 1. The van der Waals surface area contributed by atoms with E-state index < -0.39 is 6.10 Å². The second-order valence-electron chi connectivity index (χ2n) is 4.44. The van der Waals surface area contributed by atoms with Gasteiger partial charge in [0.1, 0.15) is 5.75 Å². The zero-order valence-corrected chi connectivity index (χ0v) is 11.5. The molecule has 5 heteroatoms. The number of aryl methyl sites for hydroxylation is 2. The average Bonchev–Trinajstić information content (AvgIpc) is 2.79. The topological polar surface area (TPSA) is 60.2 Å². The molecule has 0 aliphatic carbocycles. The molecule has 1 atom stereocenters. The van der Waals surface area contributed by atoms with Crippen molar-refractivity contribution >= 4 is 0 Å². The second kappa shape index (κ2) is 5.84. The number of aliphatic hydroxyl groups excluding tert-OH is 1. The molecule has 1 unspecified atom stereocenters. The fourth-order valence-electron chi connectivity index (χ4n) is 2.08. The highest BCUT2D eigenvalue weighted by molar-refractivity contribution is 5.32. The molecule has 0 bridgehead atoms. The first-order valence-electron chi connectivity index (χ1n) is 6.33. The zero-order chi connectivity index (χ0) is 13.8.